The number of anilines is 1. The van der Waals surface area contributed by atoms with Crippen LogP contribution in [0.2, 0.25) is 0 Å². The summed E-state index contributed by atoms with van der Waals surface area (Å²) in [6.45, 7) is 6.05. The molecule has 1 aromatic heterocycles. The van der Waals surface area contributed by atoms with Crippen LogP contribution in [0.3, 0.4) is 0 Å². The molecule has 0 amide bonds. The Morgan fingerprint density at radius 3 is 2.20 bits per heavy atom. The fraction of sp³-hybridized carbons (Fsp3) is 0.333. The first-order valence-corrected chi connectivity index (χ1v) is 10.5. The standard InChI is InChI=1S/C24H29N5O/c1-27(17-20-8-4-2-5-9-20)19-22-16-23(30)26-24(25-22)29-14-12-28(13-15-29)18-21-10-6-3-7-11-21/h2-11,16H,12-15,17-19H2,1H3,(H,25,26,30). The van der Waals surface area contributed by atoms with Gasteiger partial charge in [0.1, 0.15) is 0 Å². The van der Waals surface area contributed by atoms with Crippen LogP contribution in [0.5, 0.6) is 0 Å². The molecule has 1 fully saturated rings. The van der Waals surface area contributed by atoms with E-state index >= 15 is 0 Å². The van der Waals surface area contributed by atoms with Gasteiger partial charge >= 0.3 is 0 Å². The highest BCUT2D eigenvalue weighted by atomic mass is 16.1. The molecule has 156 valence electrons. The lowest BCUT2D eigenvalue weighted by molar-refractivity contribution is 0.248. The van der Waals surface area contributed by atoms with Crippen molar-refractivity contribution < 1.29 is 0 Å². The number of benzene rings is 2. The van der Waals surface area contributed by atoms with Crippen molar-refractivity contribution in [1.29, 1.82) is 0 Å². The van der Waals surface area contributed by atoms with Gasteiger partial charge in [0.05, 0.1) is 5.69 Å². The first kappa shape index (κ1) is 20.3. The van der Waals surface area contributed by atoms with E-state index in [1.165, 1.54) is 11.1 Å². The molecule has 6 nitrogen and oxygen atoms in total. The Morgan fingerprint density at radius 1 is 0.900 bits per heavy atom. The van der Waals surface area contributed by atoms with Crippen LogP contribution in [0.25, 0.3) is 0 Å². The average Bonchev–Trinajstić information content (AvgIpc) is 2.75. The maximum absolute atomic E-state index is 12.2. The van der Waals surface area contributed by atoms with Crippen LogP contribution in [-0.4, -0.2) is 53.0 Å². The number of H-pyrrole nitrogens is 1. The van der Waals surface area contributed by atoms with E-state index in [1.807, 2.05) is 24.3 Å². The van der Waals surface area contributed by atoms with Gasteiger partial charge in [0.15, 0.2) is 0 Å². The average molecular weight is 404 g/mol. The predicted octanol–water partition coefficient (Wildman–Crippen LogP) is 2.72. The second-order valence-electron chi connectivity index (χ2n) is 7.97. The van der Waals surface area contributed by atoms with E-state index in [4.69, 9.17) is 4.98 Å². The van der Waals surface area contributed by atoms with Crippen LogP contribution in [0.15, 0.2) is 71.5 Å². The molecule has 0 unspecified atom stereocenters. The molecule has 0 spiro atoms. The van der Waals surface area contributed by atoms with E-state index in [0.717, 1.165) is 45.0 Å². The SMILES string of the molecule is CN(Cc1ccccc1)Cc1cc(=O)[nH]c(N2CCN(Cc3ccccc3)CC2)n1. The van der Waals surface area contributed by atoms with Gasteiger partial charge in [0, 0.05) is 51.9 Å². The molecule has 4 rings (SSSR count). The Morgan fingerprint density at radius 2 is 1.53 bits per heavy atom. The van der Waals surface area contributed by atoms with Crippen molar-refractivity contribution in [1.82, 2.24) is 19.8 Å². The van der Waals surface area contributed by atoms with E-state index < -0.39 is 0 Å². The van der Waals surface area contributed by atoms with Crippen molar-refractivity contribution in [2.75, 3.05) is 38.1 Å². The minimum Gasteiger partial charge on any atom is -0.340 e. The summed E-state index contributed by atoms with van der Waals surface area (Å²) in [7, 11) is 2.05. The van der Waals surface area contributed by atoms with Gasteiger partial charge in [-0.05, 0) is 18.2 Å². The second kappa shape index (κ2) is 9.69. The molecule has 6 heteroatoms. The molecule has 3 aromatic rings. The van der Waals surface area contributed by atoms with Gasteiger partial charge in [-0.15, -0.1) is 0 Å². The molecule has 0 atom stereocenters. The van der Waals surface area contributed by atoms with Gasteiger partial charge in [-0.25, -0.2) is 4.98 Å². The van der Waals surface area contributed by atoms with Crippen molar-refractivity contribution in [2.24, 2.45) is 0 Å². The second-order valence-corrected chi connectivity index (χ2v) is 7.97. The van der Waals surface area contributed by atoms with E-state index in [0.29, 0.717) is 12.5 Å². The van der Waals surface area contributed by atoms with Crippen LogP contribution in [0, 0.1) is 0 Å². The maximum Gasteiger partial charge on any atom is 0.252 e. The third-order valence-corrected chi connectivity index (χ3v) is 5.43. The summed E-state index contributed by atoms with van der Waals surface area (Å²) in [6.07, 6.45) is 0. The molecule has 2 aromatic carbocycles. The van der Waals surface area contributed by atoms with Crippen LogP contribution < -0.4 is 10.5 Å². The van der Waals surface area contributed by atoms with Crippen LogP contribution in [-0.2, 0) is 19.6 Å². The predicted molar refractivity (Wildman–Crippen MR) is 120 cm³/mol. The molecule has 1 N–H and O–H groups in total. The van der Waals surface area contributed by atoms with Gasteiger partial charge < -0.3 is 4.90 Å². The highest BCUT2D eigenvalue weighted by Gasteiger charge is 2.19. The third kappa shape index (κ3) is 5.55. The molecule has 0 saturated carbocycles. The Kier molecular flexibility index (Phi) is 6.57. The molecule has 0 aliphatic carbocycles. The number of rotatable bonds is 7. The highest BCUT2D eigenvalue weighted by molar-refractivity contribution is 5.31. The van der Waals surface area contributed by atoms with Gasteiger partial charge in [-0.2, -0.15) is 0 Å². The minimum atomic E-state index is -0.0881. The van der Waals surface area contributed by atoms with Crippen LogP contribution in [0.1, 0.15) is 16.8 Å². The molecule has 1 saturated heterocycles. The highest BCUT2D eigenvalue weighted by Crippen LogP contribution is 2.14. The summed E-state index contributed by atoms with van der Waals surface area (Å²) in [6, 6.07) is 22.5. The summed E-state index contributed by atoms with van der Waals surface area (Å²) in [5.74, 6) is 0.685. The molecule has 1 aliphatic rings. The van der Waals surface area contributed by atoms with E-state index in [9.17, 15) is 4.79 Å². The van der Waals surface area contributed by atoms with Crippen molar-refractivity contribution in [2.45, 2.75) is 19.6 Å². The zero-order valence-corrected chi connectivity index (χ0v) is 17.5. The third-order valence-electron chi connectivity index (χ3n) is 5.43. The molecule has 0 bridgehead atoms. The number of nitrogens with zero attached hydrogens (tertiary/aromatic N) is 4. The van der Waals surface area contributed by atoms with Gasteiger partial charge in [0.25, 0.3) is 5.56 Å². The summed E-state index contributed by atoms with van der Waals surface area (Å²) in [4.78, 5) is 26.7. The Labute approximate surface area is 177 Å². The van der Waals surface area contributed by atoms with Gasteiger partial charge in [-0.3, -0.25) is 19.6 Å². The monoisotopic (exact) mass is 403 g/mol. The molecule has 2 heterocycles. The number of aromatic amines is 1. The van der Waals surface area contributed by atoms with Gasteiger partial charge in [0.2, 0.25) is 5.95 Å². The lowest BCUT2D eigenvalue weighted by Gasteiger charge is -2.35. The lowest BCUT2D eigenvalue weighted by atomic mass is 10.2. The van der Waals surface area contributed by atoms with Crippen LogP contribution >= 0.6 is 0 Å². The number of hydrogen-bond donors (Lipinski definition) is 1. The fourth-order valence-corrected chi connectivity index (χ4v) is 3.91. The topological polar surface area (TPSA) is 55.5 Å². The Bertz CT molecular complexity index is 981. The summed E-state index contributed by atoms with van der Waals surface area (Å²) in [5, 5.41) is 0. The molecule has 0 radical (unpaired) electrons. The number of aromatic nitrogens is 2. The molecule has 30 heavy (non-hydrogen) atoms. The van der Waals surface area contributed by atoms with Crippen molar-refractivity contribution in [3.8, 4) is 0 Å². The molecular weight excluding hydrogens is 374 g/mol. The van der Waals surface area contributed by atoms with Crippen molar-refractivity contribution in [3.05, 3.63) is 93.9 Å². The summed E-state index contributed by atoms with van der Waals surface area (Å²) < 4.78 is 0. The molecule has 1 aliphatic heterocycles. The first-order chi connectivity index (χ1) is 14.7. The molecular formula is C24H29N5O. The Balaban J connectivity index is 1.36. The zero-order chi connectivity index (χ0) is 20.8. The van der Waals surface area contributed by atoms with Gasteiger partial charge in [-0.1, -0.05) is 60.7 Å². The quantitative estimate of drug-likeness (QED) is 0.657. The minimum absolute atomic E-state index is 0.0881. The normalized spacial score (nSPS) is 14.9. The first-order valence-electron chi connectivity index (χ1n) is 10.5. The number of nitrogens with one attached hydrogen (secondary N) is 1. The van der Waals surface area contributed by atoms with E-state index in [2.05, 4.69) is 63.1 Å². The number of piperazine rings is 1. The van der Waals surface area contributed by atoms with E-state index in [-0.39, 0.29) is 5.56 Å². The van der Waals surface area contributed by atoms with E-state index in [1.54, 1.807) is 6.07 Å². The number of hydrogen-bond acceptors (Lipinski definition) is 5. The Hall–Kier alpha value is -2.96. The smallest absolute Gasteiger partial charge is 0.252 e. The maximum atomic E-state index is 12.2. The summed E-state index contributed by atoms with van der Waals surface area (Å²) >= 11 is 0. The van der Waals surface area contributed by atoms with Crippen LogP contribution in [0.4, 0.5) is 5.95 Å². The summed E-state index contributed by atoms with van der Waals surface area (Å²) in [5.41, 5.74) is 3.30. The van der Waals surface area contributed by atoms with Crippen molar-refractivity contribution >= 4 is 5.95 Å². The zero-order valence-electron chi connectivity index (χ0n) is 17.5. The van der Waals surface area contributed by atoms with Crippen molar-refractivity contribution in [3.63, 3.8) is 0 Å². The fourth-order valence-electron chi connectivity index (χ4n) is 3.91. The lowest BCUT2D eigenvalue weighted by Crippen LogP contribution is -2.47. The largest absolute Gasteiger partial charge is 0.340 e.